The minimum atomic E-state index is -0.398. The highest BCUT2D eigenvalue weighted by molar-refractivity contribution is 9.10. The standard InChI is InChI=1S/C20H18BrN3O3/c1-3-27-20(26)16-12-22-24(13(16)2)15-10-8-14(9-11-15)19(25)23-18-7-5-4-6-17(18)21/h4-12H,3H2,1-2H3,(H,23,25). The third kappa shape index (κ3) is 4.09. The van der Waals surface area contributed by atoms with Crippen LogP contribution in [0.4, 0.5) is 5.69 Å². The Labute approximate surface area is 165 Å². The third-order valence-corrected chi connectivity index (χ3v) is 4.69. The summed E-state index contributed by atoms with van der Waals surface area (Å²) >= 11 is 3.41. The predicted octanol–water partition coefficient (Wildman–Crippen LogP) is 4.37. The zero-order valence-corrected chi connectivity index (χ0v) is 16.5. The number of esters is 1. The molecule has 6 nitrogen and oxygen atoms in total. The van der Waals surface area contributed by atoms with Crippen molar-refractivity contribution in [2.75, 3.05) is 11.9 Å². The zero-order valence-electron chi connectivity index (χ0n) is 14.9. The first-order valence-corrected chi connectivity index (χ1v) is 9.18. The highest BCUT2D eigenvalue weighted by Gasteiger charge is 2.16. The average molecular weight is 428 g/mol. The van der Waals surface area contributed by atoms with Gasteiger partial charge in [0.25, 0.3) is 5.91 Å². The van der Waals surface area contributed by atoms with E-state index in [4.69, 9.17) is 4.74 Å². The highest BCUT2D eigenvalue weighted by Crippen LogP contribution is 2.22. The van der Waals surface area contributed by atoms with Crippen LogP contribution >= 0.6 is 15.9 Å². The first-order chi connectivity index (χ1) is 13.0. The van der Waals surface area contributed by atoms with Crippen LogP contribution in [0, 0.1) is 6.92 Å². The molecule has 0 saturated carbocycles. The molecule has 7 heteroatoms. The quantitative estimate of drug-likeness (QED) is 0.613. The van der Waals surface area contributed by atoms with Gasteiger partial charge < -0.3 is 10.1 Å². The van der Waals surface area contributed by atoms with Gasteiger partial charge in [0.2, 0.25) is 0 Å². The van der Waals surface area contributed by atoms with Gasteiger partial charge in [0.1, 0.15) is 5.56 Å². The van der Waals surface area contributed by atoms with Crippen molar-refractivity contribution >= 4 is 33.5 Å². The molecule has 1 heterocycles. The van der Waals surface area contributed by atoms with Gasteiger partial charge >= 0.3 is 5.97 Å². The Morgan fingerprint density at radius 1 is 1.15 bits per heavy atom. The lowest BCUT2D eigenvalue weighted by atomic mass is 10.2. The van der Waals surface area contributed by atoms with Gasteiger partial charge in [0.15, 0.2) is 0 Å². The number of halogens is 1. The van der Waals surface area contributed by atoms with Crippen molar-refractivity contribution < 1.29 is 14.3 Å². The summed E-state index contributed by atoms with van der Waals surface area (Å²) in [6.07, 6.45) is 1.49. The molecule has 0 saturated heterocycles. The lowest BCUT2D eigenvalue weighted by Crippen LogP contribution is -2.12. The summed E-state index contributed by atoms with van der Waals surface area (Å²) in [7, 11) is 0. The van der Waals surface area contributed by atoms with Crippen molar-refractivity contribution in [1.29, 1.82) is 0 Å². The number of para-hydroxylation sites is 1. The zero-order chi connectivity index (χ0) is 19.4. The van der Waals surface area contributed by atoms with Crippen LogP contribution in [-0.4, -0.2) is 28.3 Å². The average Bonchev–Trinajstić information content (AvgIpc) is 3.05. The Bertz CT molecular complexity index is 980. The number of hydrogen-bond acceptors (Lipinski definition) is 4. The number of aromatic nitrogens is 2. The molecule has 2 aromatic carbocycles. The minimum absolute atomic E-state index is 0.210. The van der Waals surface area contributed by atoms with Gasteiger partial charge in [0.05, 0.1) is 29.9 Å². The van der Waals surface area contributed by atoms with E-state index in [2.05, 4.69) is 26.3 Å². The minimum Gasteiger partial charge on any atom is -0.462 e. The molecule has 1 amide bonds. The van der Waals surface area contributed by atoms with Crippen molar-refractivity contribution in [3.63, 3.8) is 0 Å². The van der Waals surface area contributed by atoms with Crippen LogP contribution in [0.25, 0.3) is 5.69 Å². The molecule has 0 aliphatic rings. The number of ether oxygens (including phenoxy) is 1. The molecule has 0 radical (unpaired) electrons. The van der Waals surface area contributed by atoms with Gasteiger partial charge in [-0.05, 0) is 66.2 Å². The van der Waals surface area contributed by atoms with Gasteiger partial charge in [-0.1, -0.05) is 12.1 Å². The number of hydrogen-bond donors (Lipinski definition) is 1. The van der Waals surface area contributed by atoms with Crippen LogP contribution in [0.3, 0.4) is 0 Å². The summed E-state index contributed by atoms with van der Waals surface area (Å²) in [5.41, 5.74) is 3.07. The number of carbonyl (C=O) groups is 2. The molecule has 1 N–H and O–H groups in total. The number of amides is 1. The molecule has 3 aromatic rings. The molecule has 0 spiro atoms. The Hall–Kier alpha value is -2.93. The summed E-state index contributed by atoms with van der Waals surface area (Å²) < 4.78 is 7.48. The van der Waals surface area contributed by atoms with E-state index in [1.807, 2.05) is 24.3 Å². The van der Waals surface area contributed by atoms with Crippen molar-refractivity contribution in [1.82, 2.24) is 9.78 Å². The Morgan fingerprint density at radius 2 is 1.85 bits per heavy atom. The van der Waals surface area contributed by atoms with Crippen molar-refractivity contribution in [2.45, 2.75) is 13.8 Å². The number of nitrogens with one attached hydrogen (secondary N) is 1. The lowest BCUT2D eigenvalue weighted by molar-refractivity contribution is 0.0525. The van der Waals surface area contributed by atoms with Gasteiger partial charge in [-0.25, -0.2) is 9.48 Å². The fourth-order valence-corrected chi connectivity index (χ4v) is 2.97. The molecule has 0 atom stereocenters. The fraction of sp³-hybridized carbons (Fsp3) is 0.150. The second-order valence-corrected chi connectivity index (χ2v) is 6.61. The van der Waals surface area contributed by atoms with Crippen LogP contribution in [0.5, 0.6) is 0 Å². The molecular weight excluding hydrogens is 410 g/mol. The topological polar surface area (TPSA) is 73.2 Å². The number of benzene rings is 2. The van der Waals surface area contributed by atoms with E-state index in [-0.39, 0.29) is 5.91 Å². The van der Waals surface area contributed by atoms with Gasteiger partial charge in [-0.2, -0.15) is 5.10 Å². The normalized spacial score (nSPS) is 10.5. The smallest absolute Gasteiger partial charge is 0.341 e. The van der Waals surface area contributed by atoms with Crippen molar-refractivity contribution in [3.05, 3.63) is 76.0 Å². The SMILES string of the molecule is CCOC(=O)c1cnn(-c2ccc(C(=O)Nc3ccccc3Br)cc2)c1C. The van der Waals surface area contributed by atoms with E-state index in [1.54, 1.807) is 42.8 Å². The van der Waals surface area contributed by atoms with Gasteiger partial charge in [-0.15, -0.1) is 0 Å². The van der Waals surface area contributed by atoms with Crippen LogP contribution < -0.4 is 5.32 Å². The first kappa shape index (κ1) is 18.8. The van der Waals surface area contributed by atoms with E-state index < -0.39 is 5.97 Å². The second-order valence-electron chi connectivity index (χ2n) is 5.76. The third-order valence-electron chi connectivity index (χ3n) is 4.00. The molecular formula is C20H18BrN3O3. The van der Waals surface area contributed by atoms with E-state index in [0.717, 1.165) is 10.2 Å². The predicted molar refractivity (Wildman–Crippen MR) is 106 cm³/mol. The Balaban J connectivity index is 1.79. The van der Waals surface area contributed by atoms with Crippen LogP contribution in [0.2, 0.25) is 0 Å². The Morgan fingerprint density at radius 3 is 2.52 bits per heavy atom. The van der Waals surface area contributed by atoms with Crippen molar-refractivity contribution in [2.24, 2.45) is 0 Å². The molecule has 0 aliphatic heterocycles. The molecule has 138 valence electrons. The van der Waals surface area contributed by atoms with Gasteiger partial charge in [0, 0.05) is 10.0 Å². The largest absolute Gasteiger partial charge is 0.462 e. The molecule has 0 unspecified atom stereocenters. The van der Waals surface area contributed by atoms with Crippen LogP contribution in [0.1, 0.15) is 33.3 Å². The summed E-state index contributed by atoms with van der Waals surface area (Å²) in [5.74, 6) is -0.608. The van der Waals surface area contributed by atoms with E-state index in [1.165, 1.54) is 6.20 Å². The maximum atomic E-state index is 12.4. The highest BCUT2D eigenvalue weighted by atomic mass is 79.9. The fourth-order valence-electron chi connectivity index (χ4n) is 2.59. The number of rotatable bonds is 5. The van der Waals surface area contributed by atoms with E-state index in [9.17, 15) is 9.59 Å². The first-order valence-electron chi connectivity index (χ1n) is 8.39. The number of anilines is 1. The van der Waals surface area contributed by atoms with E-state index >= 15 is 0 Å². The second kappa shape index (κ2) is 8.18. The molecule has 27 heavy (non-hydrogen) atoms. The Kier molecular flexibility index (Phi) is 5.71. The maximum absolute atomic E-state index is 12.4. The number of nitrogens with zero attached hydrogens (tertiary/aromatic N) is 2. The summed E-state index contributed by atoms with van der Waals surface area (Å²) in [4.78, 5) is 24.4. The summed E-state index contributed by atoms with van der Waals surface area (Å²) in [5, 5.41) is 7.11. The van der Waals surface area contributed by atoms with E-state index in [0.29, 0.717) is 29.1 Å². The molecule has 0 bridgehead atoms. The summed E-state index contributed by atoms with van der Waals surface area (Å²) in [6, 6.07) is 14.4. The molecule has 1 aromatic heterocycles. The molecule has 0 fully saturated rings. The maximum Gasteiger partial charge on any atom is 0.341 e. The lowest BCUT2D eigenvalue weighted by Gasteiger charge is -2.09. The van der Waals surface area contributed by atoms with Crippen molar-refractivity contribution in [3.8, 4) is 5.69 Å². The van der Waals surface area contributed by atoms with Crippen LogP contribution in [-0.2, 0) is 4.74 Å². The van der Waals surface area contributed by atoms with Gasteiger partial charge in [-0.3, -0.25) is 4.79 Å². The monoisotopic (exact) mass is 427 g/mol. The molecule has 0 aliphatic carbocycles. The number of carbonyl (C=O) groups excluding carboxylic acids is 2. The molecule has 3 rings (SSSR count). The van der Waals surface area contributed by atoms with Crippen LogP contribution in [0.15, 0.2) is 59.2 Å². The summed E-state index contributed by atoms with van der Waals surface area (Å²) in [6.45, 7) is 3.87.